The number of hydrogen-bond acceptors (Lipinski definition) is 3. The summed E-state index contributed by atoms with van der Waals surface area (Å²) in [5, 5.41) is 2.54. The minimum absolute atomic E-state index is 0.0355. The third-order valence-corrected chi connectivity index (χ3v) is 2.25. The SMILES string of the molecule is CNC(=O)Cc1ncncc1I. The molecule has 0 aliphatic heterocycles. The zero-order chi connectivity index (χ0) is 8.97. The van der Waals surface area contributed by atoms with Gasteiger partial charge in [-0.05, 0) is 22.6 Å². The Balaban J connectivity index is 2.75. The lowest BCUT2D eigenvalue weighted by atomic mass is 10.3. The number of amides is 1. The number of carbonyl (C=O) groups excluding carboxylic acids is 1. The van der Waals surface area contributed by atoms with E-state index in [9.17, 15) is 4.79 Å². The van der Waals surface area contributed by atoms with Gasteiger partial charge in [0.2, 0.25) is 5.91 Å². The van der Waals surface area contributed by atoms with E-state index in [1.54, 1.807) is 13.2 Å². The van der Waals surface area contributed by atoms with Crippen molar-refractivity contribution in [1.29, 1.82) is 0 Å². The van der Waals surface area contributed by atoms with Gasteiger partial charge in [-0.1, -0.05) is 0 Å². The van der Waals surface area contributed by atoms with E-state index in [0.717, 1.165) is 9.26 Å². The molecule has 0 aromatic carbocycles. The third kappa shape index (κ3) is 2.40. The number of aromatic nitrogens is 2. The van der Waals surface area contributed by atoms with Crippen molar-refractivity contribution in [1.82, 2.24) is 15.3 Å². The van der Waals surface area contributed by atoms with E-state index in [-0.39, 0.29) is 5.91 Å². The molecule has 12 heavy (non-hydrogen) atoms. The van der Waals surface area contributed by atoms with Crippen molar-refractivity contribution in [2.45, 2.75) is 6.42 Å². The molecule has 0 aliphatic rings. The second-order valence-electron chi connectivity index (χ2n) is 2.17. The quantitative estimate of drug-likeness (QED) is 0.795. The molecule has 0 saturated heterocycles. The molecule has 1 amide bonds. The summed E-state index contributed by atoms with van der Waals surface area (Å²) in [7, 11) is 1.61. The van der Waals surface area contributed by atoms with E-state index < -0.39 is 0 Å². The lowest BCUT2D eigenvalue weighted by Gasteiger charge is -2.00. The summed E-state index contributed by atoms with van der Waals surface area (Å²) >= 11 is 2.11. The first-order chi connectivity index (χ1) is 5.74. The first-order valence-electron chi connectivity index (χ1n) is 3.39. The van der Waals surface area contributed by atoms with Gasteiger partial charge in [0.15, 0.2) is 0 Å². The Morgan fingerprint density at radius 3 is 3.08 bits per heavy atom. The van der Waals surface area contributed by atoms with Crippen LogP contribution in [-0.2, 0) is 11.2 Å². The molecule has 1 N–H and O–H groups in total. The molecule has 1 aromatic rings. The number of halogens is 1. The molecule has 64 valence electrons. The molecule has 0 atom stereocenters. The fourth-order valence-electron chi connectivity index (χ4n) is 0.709. The first-order valence-corrected chi connectivity index (χ1v) is 4.47. The van der Waals surface area contributed by atoms with Gasteiger partial charge in [0.05, 0.1) is 15.7 Å². The van der Waals surface area contributed by atoms with Gasteiger partial charge in [-0.15, -0.1) is 0 Å². The summed E-state index contributed by atoms with van der Waals surface area (Å²) in [5.74, 6) is -0.0355. The van der Waals surface area contributed by atoms with Gasteiger partial charge >= 0.3 is 0 Å². The fraction of sp³-hybridized carbons (Fsp3) is 0.286. The molecular formula is C7H8IN3O. The smallest absolute Gasteiger partial charge is 0.225 e. The summed E-state index contributed by atoms with van der Waals surface area (Å²) in [6, 6.07) is 0. The van der Waals surface area contributed by atoms with Crippen molar-refractivity contribution in [3.8, 4) is 0 Å². The lowest BCUT2D eigenvalue weighted by Crippen LogP contribution is -2.21. The van der Waals surface area contributed by atoms with Crippen LogP contribution in [0.4, 0.5) is 0 Å². The number of likely N-dealkylation sites (N-methyl/N-ethyl adjacent to an activating group) is 1. The summed E-state index contributed by atoms with van der Waals surface area (Å²) in [4.78, 5) is 18.8. The molecule has 1 aromatic heterocycles. The van der Waals surface area contributed by atoms with Crippen molar-refractivity contribution in [2.24, 2.45) is 0 Å². The Morgan fingerprint density at radius 1 is 1.75 bits per heavy atom. The second-order valence-corrected chi connectivity index (χ2v) is 3.33. The Bertz CT molecular complexity index is 290. The zero-order valence-corrected chi connectivity index (χ0v) is 8.70. The van der Waals surface area contributed by atoms with E-state index in [1.165, 1.54) is 6.33 Å². The summed E-state index contributed by atoms with van der Waals surface area (Å²) in [5.41, 5.74) is 0.768. The van der Waals surface area contributed by atoms with E-state index in [0.29, 0.717) is 6.42 Å². The standard InChI is InChI=1S/C7H8IN3O/c1-9-7(12)2-6-5(8)3-10-4-11-6/h3-4H,2H2,1H3,(H,9,12). The Labute approximate surface area is 83.9 Å². The van der Waals surface area contributed by atoms with E-state index in [1.807, 2.05) is 0 Å². The van der Waals surface area contributed by atoms with Crippen molar-refractivity contribution in [2.75, 3.05) is 7.05 Å². The van der Waals surface area contributed by atoms with Crippen LogP contribution in [0, 0.1) is 3.57 Å². The first kappa shape index (κ1) is 9.37. The molecule has 0 radical (unpaired) electrons. The molecule has 1 rings (SSSR count). The molecule has 5 heteroatoms. The van der Waals surface area contributed by atoms with Crippen LogP contribution >= 0.6 is 22.6 Å². The van der Waals surface area contributed by atoms with E-state index >= 15 is 0 Å². The van der Waals surface area contributed by atoms with E-state index in [4.69, 9.17) is 0 Å². The van der Waals surface area contributed by atoms with Crippen LogP contribution in [0.3, 0.4) is 0 Å². The maximum Gasteiger partial charge on any atom is 0.225 e. The molecule has 0 saturated carbocycles. The zero-order valence-electron chi connectivity index (χ0n) is 6.54. The predicted octanol–water partition coefficient (Wildman–Crippen LogP) is 0.370. The van der Waals surface area contributed by atoms with Gasteiger partial charge < -0.3 is 5.32 Å². The molecule has 0 fully saturated rings. The molecule has 0 spiro atoms. The average Bonchev–Trinajstić information content (AvgIpc) is 2.09. The second kappa shape index (κ2) is 4.34. The molecule has 0 unspecified atom stereocenters. The van der Waals surface area contributed by atoms with Crippen LogP contribution in [0.2, 0.25) is 0 Å². The number of nitrogens with one attached hydrogen (secondary N) is 1. The average molecular weight is 277 g/mol. The lowest BCUT2D eigenvalue weighted by molar-refractivity contribution is -0.120. The highest BCUT2D eigenvalue weighted by molar-refractivity contribution is 14.1. The van der Waals surface area contributed by atoms with Crippen LogP contribution in [-0.4, -0.2) is 22.9 Å². The summed E-state index contributed by atoms with van der Waals surface area (Å²) in [6.45, 7) is 0. The third-order valence-electron chi connectivity index (χ3n) is 1.35. The maximum atomic E-state index is 11.0. The number of nitrogens with zero attached hydrogens (tertiary/aromatic N) is 2. The van der Waals surface area contributed by atoms with Crippen molar-refractivity contribution >= 4 is 28.5 Å². The molecule has 4 nitrogen and oxygen atoms in total. The van der Waals surface area contributed by atoms with Crippen molar-refractivity contribution in [3.63, 3.8) is 0 Å². The van der Waals surface area contributed by atoms with Gasteiger partial charge in [-0.2, -0.15) is 0 Å². The van der Waals surface area contributed by atoms with Crippen LogP contribution in [0.5, 0.6) is 0 Å². The normalized spacial score (nSPS) is 9.50. The Kier molecular flexibility index (Phi) is 3.39. The number of hydrogen-bond donors (Lipinski definition) is 1. The molecular weight excluding hydrogens is 269 g/mol. The monoisotopic (exact) mass is 277 g/mol. The van der Waals surface area contributed by atoms with Crippen LogP contribution < -0.4 is 5.32 Å². The maximum absolute atomic E-state index is 11.0. The minimum atomic E-state index is -0.0355. The molecule has 1 heterocycles. The number of carbonyl (C=O) groups is 1. The van der Waals surface area contributed by atoms with Crippen LogP contribution in [0.1, 0.15) is 5.69 Å². The largest absolute Gasteiger partial charge is 0.359 e. The highest BCUT2D eigenvalue weighted by atomic mass is 127. The van der Waals surface area contributed by atoms with Crippen molar-refractivity contribution in [3.05, 3.63) is 21.8 Å². The van der Waals surface area contributed by atoms with Crippen LogP contribution in [0.15, 0.2) is 12.5 Å². The topological polar surface area (TPSA) is 54.9 Å². The van der Waals surface area contributed by atoms with Crippen LogP contribution in [0.25, 0.3) is 0 Å². The van der Waals surface area contributed by atoms with Crippen molar-refractivity contribution < 1.29 is 4.79 Å². The summed E-state index contributed by atoms with van der Waals surface area (Å²) < 4.78 is 0.915. The Hall–Kier alpha value is -0.720. The molecule has 0 bridgehead atoms. The fourth-order valence-corrected chi connectivity index (χ4v) is 1.20. The van der Waals surface area contributed by atoms with Gasteiger partial charge in [-0.25, -0.2) is 9.97 Å². The summed E-state index contributed by atoms with van der Waals surface area (Å²) in [6.07, 6.45) is 3.45. The highest BCUT2D eigenvalue weighted by Crippen LogP contribution is 2.06. The minimum Gasteiger partial charge on any atom is -0.359 e. The number of rotatable bonds is 2. The molecule has 0 aliphatic carbocycles. The van der Waals surface area contributed by atoms with E-state index in [2.05, 4.69) is 37.9 Å². The predicted molar refractivity (Wildman–Crippen MR) is 52.5 cm³/mol. The van der Waals surface area contributed by atoms with Gasteiger partial charge in [0.25, 0.3) is 0 Å². The Morgan fingerprint density at radius 2 is 2.50 bits per heavy atom. The highest BCUT2D eigenvalue weighted by Gasteiger charge is 2.05. The van der Waals surface area contributed by atoms with Gasteiger partial charge in [0, 0.05) is 13.2 Å². The van der Waals surface area contributed by atoms with Gasteiger partial charge in [0.1, 0.15) is 6.33 Å². The van der Waals surface area contributed by atoms with Gasteiger partial charge in [-0.3, -0.25) is 4.79 Å².